The number of hydrogen-bond donors (Lipinski definition) is 1. The van der Waals surface area contributed by atoms with Gasteiger partial charge >= 0.3 is 0 Å². The van der Waals surface area contributed by atoms with Gasteiger partial charge in [-0.25, -0.2) is 4.98 Å². The van der Waals surface area contributed by atoms with E-state index in [1.54, 1.807) is 0 Å². The van der Waals surface area contributed by atoms with Crippen LogP contribution in [-0.4, -0.2) is 33.2 Å². The Morgan fingerprint density at radius 1 is 1.62 bits per heavy atom. The molecule has 0 atom stereocenters. The molecule has 0 fully saturated rings. The molecule has 0 saturated carbocycles. The Kier molecular flexibility index (Phi) is 2.12. The molecule has 0 bridgehead atoms. The van der Waals surface area contributed by atoms with Gasteiger partial charge in [0.05, 0.1) is 0 Å². The largest absolute Gasteiger partial charge is 0.374 e. The molecule has 4 heteroatoms. The van der Waals surface area contributed by atoms with Crippen molar-refractivity contribution in [3.05, 3.63) is 30.5 Å². The molecule has 0 aromatic carbocycles. The summed E-state index contributed by atoms with van der Waals surface area (Å²) in [5, 5.41) is 6.65. The normalized spacial score (nSPS) is 16.1. The summed E-state index contributed by atoms with van der Waals surface area (Å²) in [4.78, 5) is 6.31. The number of rotatable bonds is 2. The van der Waals surface area contributed by atoms with E-state index in [1.807, 2.05) is 6.08 Å². The number of nitrogens with one attached hydrogen (secondary N) is 1. The topological polar surface area (TPSA) is 44.8 Å². The van der Waals surface area contributed by atoms with Crippen LogP contribution in [0.3, 0.4) is 0 Å². The average Bonchev–Trinajstić information content (AvgIpc) is 2.71. The standard InChI is InChI=1S/C9H12N4/c1-2-13-5-3-8(4-6-13)9-10-7-11-12-9/h3-5,7H,2,6H2,1H3,(H,10,11,12). The Bertz CT molecular complexity index is 323. The van der Waals surface area contributed by atoms with E-state index in [2.05, 4.69) is 39.3 Å². The minimum Gasteiger partial charge on any atom is -0.374 e. The van der Waals surface area contributed by atoms with Gasteiger partial charge in [-0.15, -0.1) is 0 Å². The minimum absolute atomic E-state index is 0.840. The highest BCUT2D eigenvalue weighted by molar-refractivity contribution is 5.70. The number of nitrogens with zero attached hydrogens (tertiary/aromatic N) is 3. The second-order valence-electron chi connectivity index (χ2n) is 2.90. The first-order valence-electron chi connectivity index (χ1n) is 4.38. The van der Waals surface area contributed by atoms with Gasteiger partial charge in [0, 0.05) is 24.9 Å². The zero-order valence-electron chi connectivity index (χ0n) is 7.57. The van der Waals surface area contributed by atoms with Crippen molar-refractivity contribution in [2.45, 2.75) is 6.92 Å². The van der Waals surface area contributed by atoms with Gasteiger partial charge in [0.15, 0.2) is 5.82 Å². The van der Waals surface area contributed by atoms with E-state index in [-0.39, 0.29) is 0 Å². The highest BCUT2D eigenvalue weighted by atomic mass is 15.2. The molecule has 1 N–H and O–H groups in total. The third-order valence-corrected chi connectivity index (χ3v) is 2.11. The fourth-order valence-corrected chi connectivity index (χ4v) is 1.28. The van der Waals surface area contributed by atoms with Gasteiger partial charge in [0.25, 0.3) is 0 Å². The van der Waals surface area contributed by atoms with Crippen LogP contribution in [0, 0.1) is 0 Å². The summed E-state index contributed by atoms with van der Waals surface area (Å²) < 4.78 is 0. The van der Waals surface area contributed by atoms with E-state index in [0.717, 1.165) is 24.5 Å². The van der Waals surface area contributed by atoms with Crippen LogP contribution in [0.25, 0.3) is 5.57 Å². The summed E-state index contributed by atoms with van der Waals surface area (Å²) in [6.07, 6.45) is 7.80. The summed E-state index contributed by atoms with van der Waals surface area (Å²) in [6.45, 7) is 4.12. The van der Waals surface area contributed by atoms with Crippen LogP contribution in [0.1, 0.15) is 12.7 Å². The molecule has 68 valence electrons. The van der Waals surface area contributed by atoms with Gasteiger partial charge in [-0.05, 0) is 13.0 Å². The Morgan fingerprint density at radius 2 is 2.54 bits per heavy atom. The first kappa shape index (κ1) is 8.04. The summed E-state index contributed by atoms with van der Waals surface area (Å²) in [7, 11) is 0. The van der Waals surface area contributed by atoms with Gasteiger partial charge in [-0.1, -0.05) is 6.08 Å². The van der Waals surface area contributed by atoms with Crippen molar-refractivity contribution in [2.24, 2.45) is 0 Å². The molecule has 1 aliphatic heterocycles. The Morgan fingerprint density at radius 3 is 3.08 bits per heavy atom. The van der Waals surface area contributed by atoms with E-state index >= 15 is 0 Å². The lowest BCUT2D eigenvalue weighted by molar-refractivity contribution is 0.437. The molecule has 0 radical (unpaired) electrons. The summed E-state index contributed by atoms with van der Waals surface area (Å²) in [6, 6.07) is 0. The number of H-pyrrole nitrogens is 1. The molecule has 13 heavy (non-hydrogen) atoms. The molecular weight excluding hydrogens is 164 g/mol. The maximum Gasteiger partial charge on any atom is 0.155 e. The SMILES string of the molecule is CCN1C=CC(c2ncn[nH]2)=CC1. The van der Waals surface area contributed by atoms with Crippen molar-refractivity contribution in [3.63, 3.8) is 0 Å². The van der Waals surface area contributed by atoms with E-state index in [1.165, 1.54) is 6.33 Å². The summed E-state index contributed by atoms with van der Waals surface area (Å²) >= 11 is 0. The fraction of sp³-hybridized carbons (Fsp3) is 0.333. The minimum atomic E-state index is 0.840. The van der Waals surface area contributed by atoms with Crippen LogP contribution in [0.15, 0.2) is 24.7 Å². The maximum atomic E-state index is 4.09. The number of hydrogen-bond acceptors (Lipinski definition) is 3. The van der Waals surface area contributed by atoms with Gasteiger partial charge in [-0.2, -0.15) is 5.10 Å². The second kappa shape index (κ2) is 3.43. The average molecular weight is 176 g/mol. The van der Waals surface area contributed by atoms with Crippen molar-refractivity contribution >= 4 is 5.57 Å². The highest BCUT2D eigenvalue weighted by Crippen LogP contribution is 2.14. The van der Waals surface area contributed by atoms with Crippen molar-refractivity contribution in [1.29, 1.82) is 0 Å². The van der Waals surface area contributed by atoms with Crippen molar-refractivity contribution in [3.8, 4) is 0 Å². The van der Waals surface area contributed by atoms with E-state index in [9.17, 15) is 0 Å². The number of allylic oxidation sites excluding steroid dienone is 2. The Hall–Kier alpha value is -1.58. The van der Waals surface area contributed by atoms with Crippen molar-refractivity contribution < 1.29 is 0 Å². The molecule has 0 saturated heterocycles. The number of likely N-dealkylation sites (N-methyl/N-ethyl adjacent to an activating group) is 1. The molecule has 1 aliphatic rings. The molecule has 0 spiro atoms. The third-order valence-electron chi connectivity index (χ3n) is 2.11. The molecule has 1 aromatic heterocycles. The number of aromatic amines is 1. The van der Waals surface area contributed by atoms with Gasteiger partial charge in [-0.3, -0.25) is 5.10 Å². The van der Waals surface area contributed by atoms with Crippen LogP contribution in [0.5, 0.6) is 0 Å². The van der Waals surface area contributed by atoms with Crippen LogP contribution in [0.4, 0.5) is 0 Å². The van der Waals surface area contributed by atoms with Gasteiger partial charge < -0.3 is 4.90 Å². The third kappa shape index (κ3) is 1.61. The van der Waals surface area contributed by atoms with Crippen LogP contribution in [-0.2, 0) is 0 Å². The summed E-state index contributed by atoms with van der Waals surface area (Å²) in [5.41, 5.74) is 1.11. The predicted octanol–water partition coefficient (Wildman–Crippen LogP) is 1.04. The molecular formula is C9H12N4. The maximum absolute atomic E-state index is 4.09. The quantitative estimate of drug-likeness (QED) is 0.732. The highest BCUT2D eigenvalue weighted by Gasteiger charge is 2.06. The Labute approximate surface area is 77.0 Å². The lowest BCUT2D eigenvalue weighted by Crippen LogP contribution is -2.18. The van der Waals surface area contributed by atoms with E-state index in [4.69, 9.17) is 0 Å². The van der Waals surface area contributed by atoms with Crippen LogP contribution in [0.2, 0.25) is 0 Å². The van der Waals surface area contributed by atoms with Gasteiger partial charge in [0.1, 0.15) is 6.33 Å². The van der Waals surface area contributed by atoms with Crippen molar-refractivity contribution in [2.75, 3.05) is 13.1 Å². The molecule has 0 amide bonds. The number of aromatic nitrogens is 3. The molecule has 0 aliphatic carbocycles. The van der Waals surface area contributed by atoms with E-state index in [0.29, 0.717) is 0 Å². The monoisotopic (exact) mass is 176 g/mol. The van der Waals surface area contributed by atoms with Gasteiger partial charge in [0.2, 0.25) is 0 Å². The molecule has 1 aromatic rings. The molecule has 2 rings (SSSR count). The van der Waals surface area contributed by atoms with E-state index < -0.39 is 0 Å². The Balaban J connectivity index is 2.13. The first-order chi connectivity index (χ1) is 6.40. The molecule has 0 unspecified atom stereocenters. The van der Waals surface area contributed by atoms with Crippen molar-refractivity contribution in [1.82, 2.24) is 20.1 Å². The molecule has 2 heterocycles. The predicted molar refractivity (Wildman–Crippen MR) is 50.7 cm³/mol. The fourth-order valence-electron chi connectivity index (χ4n) is 1.28. The second-order valence-corrected chi connectivity index (χ2v) is 2.90. The zero-order chi connectivity index (χ0) is 9.10. The lowest BCUT2D eigenvalue weighted by atomic mass is 10.2. The first-order valence-corrected chi connectivity index (χ1v) is 4.38. The summed E-state index contributed by atoms with van der Waals surface area (Å²) in [5.74, 6) is 0.840. The zero-order valence-corrected chi connectivity index (χ0v) is 7.57. The van der Waals surface area contributed by atoms with Crippen LogP contribution < -0.4 is 0 Å². The van der Waals surface area contributed by atoms with Crippen LogP contribution >= 0.6 is 0 Å². The molecule has 4 nitrogen and oxygen atoms in total. The lowest BCUT2D eigenvalue weighted by Gasteiger charge is -2.19. The smallest absolute Gasteiger partial charge is 0.155 e.